The maximum atomic E-state index is 3.55. The predicted octanol–water partition coefficient (Wildman–Crippen LogP) is 2.27. The first-order valence-electron chi connectivity index (χ1n) is 6.04. The Hall–Kier alpha value is -0.340. The van der Waals surface area contributed by atoms with Gasteiger partial charge in [-0.3, -0.25) is 0 Å². The molecule has 0 atom stereocenters. The topological polar surface area (TPSA) is 15.3 Å². The Morgan fingerprint density at radius 3 is 2.47 bits per heavy atom. The molecule has 0 unspecified atom stereocenters. The van der Waals surface area contributed by atoms with Gasteiger partial charge in [0, 0.05) is 13.1 Å². The first-order chi connectivity index (χ1) is 7.02. The molecule has 2 nitrogen and oxygen atoms in total. The Labute approximate surface area is 94.7 Å². The molecule has 0 aromatic heterocycles. The van der Waals surface area contributed by atoms with Crippen LogP contribution >= 0.6 is 0 Å². The molecule has 0 spiro atoms. The van der Waals surface area contributed by atoms with E-state index in [0.717, 1.165) is 13.1 Å². The second kappa shape index (κ2) is 5.66. The molecule has 88 valence electrons. The van der Waals surface area contributed by atoms with Gasteiger partial charge in [0.1, 0.15) is 0 Å². The van der Waals surface area contributed by atoms with E-state index in [1.165, 1.54) is 31.5 Å². The summed E-state index contributed by atoms with van der Waals surface area (Å²) in [5.74, 6) is 0. The SMILES string of the molecule is CC(C)=CCNCC1(C)CCN(C)CC1. The highest BCUT2D eigenvalue weighted by Crippen LogP contribution is 2.29. The molecular weight excluding hydrogens is 184 g/mol. The maximum Gasteiger partial charge on any atom is 0.0137 e. The summed E-state index contributed by atoms with van der Waals surface area (Å²) in [6.45, 7) is 11.4. The molecule has 0 aliphatic carbocycles. The highest BCUT2D eigenvalue weighted by molar-refractivity contribution is 4.95. The second-order valence-electron chi connectivity index (χ2n) is 5.53. The van der Waals surface area contributed by atoms with Gasteiger partial charge in [-0.2, -0.15) is 0 Å². The quantitative estimate of drug-likeness (QED) is 0.566. The lowest BCUT2D eigenvalue weighted by atomic mass is 9.80. The number of hydrogen-bond acceptors (Lipinski definition) is 2. The van der Waals surface area contributed by atoms with E-state index in [0.29, 0.717) is 5.41 Å². The summed E-state index contributed by atoms with van der Waals surface area (Å²) in [5, 5.41) is 3.55. The summed E-state index contributed by atoms with van der Waals surface area (Å²) in [4.78, 5) is 2.43. The van der Waals surface area contributed by atoms with Crippen molar-refractivity contribution in [1.82, 2.24) is 10.2 Å². The first-order valence-corrected chi connectivity index (χ1v) is 6.04. The van der Waals surface area contributed by atoms with Gasteiger partial charge in [-0.25, -0.2) is 0 Å². The third-order valence-electron chi connectivity index (χ3n) is 3.40. The third kappa shape index (κ3) is 4.80. The van der Waals surface area contributed by atoms with Crippen LogP contribution in [0.5, 0.6) is 0 Å². The number of likely N-dealkylation sites (tertiary alicyclic amines) is 1. The summed E-state index contributed by atoms with van der Waals surface area (Å²) in [5.41, 5.74) is 1.91. The fourth-order valence-corrected chi connectivity index (χ4v) is 1.99. The van der Waals surface area contributed by atoms with Crippen LogP contribution in [-0.2, 0) is 0 Å². The predicted molar refractivity (Wildman–Crippen MR) is 67.1 cm³/mol. The van der Waals surface area contributed by atoms with Crippen molar-refractivity contribution < 1.29 is 0 Å². The Morgan fingerprint density at radius 2 is 1.93 bits per heavy atom. The van der Waals surface area contributed by atoms with Crippen molar-refractivity contribution >= 4 is 0 Å². The smallest absolute Gasteiger partial charge is 0.0137 e. The molecule has 1 fully saturated rings. The van der Waals surface area contributed by atoms with Gasteiger partial charge in [-0.05, 0) is 52.2 Å². The summed E-state index contributed by atoms with van der Waals surface area (Å²) < 4.78 is 0. The van der Waals surface area contributed by atoms with Crippen molar-refractivity contribution in [3.63, 3.8) is 0 Å². The minimum absolute atomic E-state index is 0.516. The number of nitrogens with one attached hydrogen (secondary N) is 1. The third-order valence-corrected chi connectivity index (χ3v) is 3.40. The molecular formula is C13H26N2. The second-order valence-corrected chi connectivity index (χ2v) is 5.53. The Bertz CT molecular complexity index is 209. The van der Waals surface area contributed by atoms with E-state index in [2.05, 4.69) is 44.1 Å². The van der Waals surface area contributed by atoms with Gasteiger partial charge < -0.3 is 10.2 Å². The number of rotatable bonds is 4. The fourth-order valence-electron chi connectivity index (χ4n) is 1.99. The average molecular weight is 210 g/mol. The average Bonchev–Trinajstić information content (AvgIpc) is 2.18. The molecule has 1 rings (SSSR count). The van der Waals surface area contributed by atoms with E-state index in [9.17, 15) is 0 Å². The van der Waals surface area contributed by atoms with Crippen LogP contribution in [0.15, 0.2) is 11.6 Å². The number of nitrogens with zero attached hydrogens (tertiary/aromatic N) is 1. The molecule has 0 radical (unpaired) electrons. The largest absolute Gasteiger partial charge is 0.313 e. The Morgan fingerprint density at radius 1 is 1.33 bits per heavy atom. The van der Waals surface area contributed by atoms with Crippen LogP contribution in [0.3, 0.4) is 0 Å². The van der Waals surface area contributed by atoms with Crippen LogP contribution in [0.4, 0.5) is 0 Å². The Balaban J connectivity index is 2.22. The molecule has 0 aromatic rings. The van der Waals surface area contributed by atoms with Gasteiger partial charge in [-0.1, -0.05) is 18.6 Å². The maximum absolute atomic E-state index is 3.55. The lowest BCUT2D eigenvalue weighted by molar-refractivity contribution is 0.138. The molecule has 1 saturated heterocycles. The monoisotopic (exact) mass is 210 g/mol. The van der Waals surface area contributed by atoms with Gasteiger partial charge in [0.2, 0.25) is 0 Å². The van der Waals surface area contributed by atoms with Gasteiger partial charge in [-0.15, -0.1) is 0 Å². The van der Waals surface area contributed by atoms with E-state index < -0.39 is 0 Å². The van der Waals surface area contributed by atoms with E-state index in [1.807, 2.05) is 0 Å². The van der Waals surface area contributed by atoms with Crippen LogP contribution in [0, 0.1) is 5.41 Å². The van der Waals surface area contributed by atoms with Crippen molar-refractivity contribution in [3.05, 3.63) is 11.6 Å². The summed E-state index contributed by atoms with van der Waals surface area (Å²) in [6.07, 6.45) is 4.91. The fraction of sp³-hybridized carbons (Fsp3) is 0.846. The van der Waals surface area contributed by atoms with Crippen LogP contribution in [0.25, 0.3) is 0 Å². The first kappa shape index (κ1) is 12.7. The van der Waals surface area contributed by atoms with E-state index in [-0.39, 0.29) is 0 Å². The van der Waals surface area contributed by atoms with Crippen molar-refractivity contribution in [1.29, 1.82) is 0 Å². The summed E-state index contributed by atoms with van der Waals surface area (Å²) in [6, 6.07) is 0. The van der Waals surface area contributed by atoms with E-state index in [4.69, 9.17) is 0 Å². The van der Waals surface area contributed by atoms with Crippen molar-refractivity contribution in [2.24, 2.45) is 5.41 Å². The van der Waals surface area contributed by atoms with Gasteiger partial charge in [0.25, 0.3) is 0 Å². The van der Waals surface area contributed by atoms with E-state index in [1.54, 1.807) is 0 Å². The lowest BCUT2D eigenvalue weighted by Crippen LogP contribution is -2.42. The van der Waals surface area contributed by atoms with Crippen LogP contribution < -0.4 is 5.32 Å². The molecule has 1 N–H and O–H groups in total. The molecule has 0 aromatic carbocycles. The Kier molecular flexibility index (Phi) is 4.81. The van der Waals surface area contributed by atoms with Crippen molar-refractivity contribution in [2.45, 2.75) is 33.6 Å². The van der Waals surface area contributed by atoms with Gasteiger partial charge >= 0.3 is 0 Å². The molecule has 2 heteroatoms. The summed E-state index contributed by atoms with van der Waals surface area (Å²) in [7, 11) is 2.22. The zero-order valence-corrected chi connectivity index (χ0v) is 10.8. The van der Waals surface area contributed by atoms with Crippen molar-refractivity contribution in [3.8, 4) is 0 Å². The van der Waals surface area contributed by atoms with Gasteiger partial charge in [0.05, 0.1) is 0 Å². The molecule has 0 bridgehead atoms. The molecule has 1 heterocycles. The lowest BCUT2D eigenvalue weighted by Gasteiger charge is -2.38. The van der Waals surface area contributed by atoms with Crippen LogP contribution in [-0.4, -0.2) is 38.1 Å². The number of allylic oxidation sites excluding steroid dienone is 1. The standard InChI is InChI=1S/C13H26N2/c1-12(2)5-8-14-11-13(3)6-9-15(4)10-7-13/h5,14H,6-11H2,1-4H3. The highest BCUT2D eigenvalue weighted by Gasteiger charge is 2.27. The van der Waals surface area contributed by atoms with Gasteiger partial charge in [0.15, 0.2) is 0 Å². The molecule has 15 heavy (non-hydrogen) atoms. The minimum atomic E-state index is 0.516. The molecule has 0 saturated carbocycles. The van der Waals surface area contributed by atoms with Crippen LogP contribution in [0.2, 0.25) is 0 Å². The zero-order chi connectivity index (χ0) is 11.3. The van der Waals surface area contributed by atoms with Crippen molar-refractivity contribution in [2.75, 3.05) is 33.2 Å². The molecule has 1 aliphatic heterocycles. The molecule has 1 aliphatic rings. The normalized spacial score (nSPS) is 21.3. The number of hydrogen-bond donors (Lipinski definition) is 1. The van der Waals surface area contributed by atoms with Crippen LogP contribution in [0.1, 0.15) is 33.6 Å². The summed E-state index contributed by atoms with van der Waals surface area (Å²) >= 11 is 0. The zero-order valence-electron chi connectivity index (χ0n) is 10.8. The highest BCUT2D eigenvalue weighted by atomic mass is 15.1. The minimum Gasteiger partial charge on any atom is -0.313 e. The molecule has 0 amide bonds. The number of piperidine rings is 1. The van der Waals surface area contributed by atoms with E-state index >= 15 is 0 Å².